The number of nitrogens with two attached hydrogens (primary N) is 1. The summed E-state index contributed by atoms with van der Waals surface area (Å²) in [6.07, 6.45) is 11.0. The minimum Gasteiger partial charge on any atom is -0.382 e. The second kappa shape index (κ2) is 11.1. The number of nitrogens with zero attached hydrogens (tertiary/aromatic N) is 5. The Morgan fingerprint density at radius 3 is 2.85 bits per heavy atom. The summed E-state index contributed by atoms with van der Waals surface area (Å²) < 4.78 is 1.57. The second-order valence-corrected chi connectivity index (χ2v) is 10.7. The third-order valence-corrected chi connectivity index (χ3v) is 7.87. The highest BCUT2D eigenvalue weighted by Crippen LogP contribution is 2.35. The largest absolute Gasteiger partial charge is 0.382 e. The average Bonchev–Trinajstić information content (AvgIpc) is 3.74. The predicted octanol–water partition coefficient (Wildman–Crippen LogP) is 4.70. The van der Waals surface area contributed by atoms with Crippen LogP contribution in [-0.2, 0) is 11.4 Å². The number of alkyl halides is 1. The molecule has 0 saturated carbocycles. The van der Waals surface area contributed by atoms with Gasteiger partial charge in [0.15, 0.2) is 10.8 Å². The van der Waals surface area contributed by atoms with Gasteiger partial charge in [0.05, 0.1) is 11.6 Å². The van der Waals surface area contributed by atoms with Gasteiger partial charge in [-0.1, -0.05) is 77.8 Å². The number of aromatic amines is 2. The molecule has 41 heavy (non-hydrogen) atoms. The van der Waals surface area contributed by atoms with Gasteiger partial charge in [0.1, 0.15) is 29.3 Å². The van der Waals surface area contributed by atoms with Crippen molar-refractivity contribution in [1.82, 2.24) is 45.6 Å². The Kier molecular flexibility index (Phi) is 7.21. The number of allylic oxidation sites excluding steroid dienone is 3. The molecular weight excluding hydrogens is 563 g/mol. The van der Waals surface area contributed by atoms with Gasteiger partial charge in [0.2, 0.25) is 0 Å². The lowest BCUT2D eigenvalue weighted by molar-refractivity contribution is 0.232. The lowest BCUT2D eigenvalue weighted by atomic mass is 9.94. The number of H-pyrrole nitrogens is 2. The monoisotopic (exact) mass is 588 g/mol. The summed E-state index contributed by atoms with van der Waals surface area (Å²) in [5.74, 6) is 0.666. The molecule has 3 atom stereocenters. The average molecular weight is 589 g/mol. The zero-order valence-corrected chi connectivity index (χ0v) is 23.1. The summed E-state index contributed by atoms with van der Waals surface area (Å²) in [7, 11) is 0. The van der Waals surface area contributed by atoms with E-state index in [1.807, 2.05) is 72.8 Å². The maximum absolute atomic E-state index is 13.2. The molecule has 2 unspecified atom stereocenters. The molecule has 2 amide bonds. The second-order valence-electron chi connectivity index (χ2n) is 9.67. The summed E-state index contributed by atoms with van der Waals surface area (Å²) in [6.45, 7) is 0.256. The molecule has 6 rings (SSSR count). The highest BCUT2D eigenvalue weighted by Gasteiger charge is 2.37. The van der Waals surface area contributed by atoms with E-state index in [0.717, 1.165) is 22.0 Å². The zero-order valence-electron chi connectivity index (χ0n) is 21.6. The number of carbonyl (C=O) groups excluding carboxylic acids is 1. The van der Waals surface area contributed by atoms with Gasteiger partial charge in [-0.25, -0.2) is 19.4 Å². The van der Waals surface area contributed by atoms with Crippen LogP contribution in [0.25, 0.3) is 22.2 Å². The van der Waals surface area contributed by atoms with E-state index < -0.39 is 11.0 Å². The zero-order chi connectivity index (χ0) is 28.4. The van der Waals surface area contributed by atoms with Gasteiger partial charge in [-0.2, -0.15) is 10.2 Å². The van der Waals surface area contributed by atoms with Crippen LogP contribution >= 0.6 is 23.2 Å². The van der Waals surface area contributed by atoms with Crippen molar-refractivity contribution in [3.8, 4) is 11.3 Å². The molecule has 1 aliphatic carbocycles. The minimum atomic E-state index is -0.994. The molecular formula is C28H26Cl2N10O. The predicted molar refractivity (Wildman–Crippen MR) is 158 cm³/mol. The van der Waals surface area contributed by atoms with E-state index in [2.05, 4.69) is 35.9 Å². The van der Waals surface area contributed by atoms with Crippen LogP contribution in [-0.4, -0.2) is 47.5 Å². The normalized spacial score (nSPS) is 18.9. The van der Waals surface area contributed by atoms with Crippen LogP contribution in [0.3, 0.4) is 0 Å². The molecule has 1 aliphatic rings. The van der Waals surface area contributed by atoms with Gasteiger partial charge in [-0.3, -0.25) is 5.10 Å². The molecule has 0 bridgehead atoms. The molecule has 0 fully saturated rings. The number of halogens is 2. The molecule has 0 radical (unpaired) electrons. The number of anilines is 1. The number of carbonyl (C=O) groups is 1. The lowest BCUT2D eigenvalue weighted by Gasteiger charge is -2.33. The SMILES string of the molecule is Nc1n[nH]c2cc(-c3nc([C@H](Cc4ccccc4)NC(=O)NCC4C=CC=CC4(Cl)n4cncn4)[nH]c3Cl)ccc12. The summed E-state index contributed by atoms with van der Waals surface area (Å²) in [6, 6.07) is 14.6. The Hall–Kier alpha value is -4.61. The number of hydrogen-bond acceptors (Lipinski definition) is 6. The number of nitrogen functional groups attached to an aromatic ring is 1. The van der Waals surface area contributed by atoms with E-state index >= 15 is 0 Å². The Morgan fingerprint density at radius 2 is 2.05 bits per heavy atom. The van der Waals surface area contributed by atoms with Gasteiger partial charge in [0, 0.05) is 23.4 Å². The number of nitrogens with one attached hydrogen (secondary N) is 4. The lowest BCUT2D eigenvalue weighted by Crippen LogP contribution is -2.45. The fourth-order valence-corrected chi connectivity index (χ4v) is 5.44. The van der Waals surface area contributed by atoms with Gasteiger partial charge in [0.25, 0.3) is 0 Å². The summed E-state index contributed by atoms with van der Waals surface area (Å²) >= 11 is 13.5. The smallest absolute Gasteiger partial charge is 0.315 e. The van der Waals surface area contributed by atoms with Gasteiger partial charge < -0.3 is 21.4 Å². The first-order chi connectivity index (χ1) is 19.9. The highest BCUT2D eigenvalue weighted by molar-refractivity contribution is 6.32. The maximum atomic E-state index is 13.2. The van der Waals surface area contributed by atoms with E-state index in [0.29, 0.717) is 28.9 Å². The maximum Gasteiger partial charge on any atom is 0.315 e. The summed E-state index contributed by atoms with van der Waals surface area (Å²) in [5, 5.41) is 18.3. The van der Waals surface area contributed by atoms with E-state index in [1.165, 1.54) is 6.33 Å². The standard InChI is InChI=1S/C28H26Cl2N10O/c29-24-23(18-9-10-20-21(13-18)38-39-25(20)31)36-26(37-24)22(12-17-6-2-1-3-7-17)35-27(41)33-14-19-8-4-5-11-28(19,30)40-16-32-15-34-40/h1-11,13,15-16,19,22H,12,14H2,(H,36,37)(H3,31,38,39)(H2,33,35,41)/t19?,22-,28?/m0/s1. The molecule has 6 N–H and O–H groups in total. The van der Waals surface area contributed by atoms with Crippen LogP contribution in [0.2, 0.25) is 5.15 Å². The molecule has 208 valence electrons. The molecule has 2 aromatic carbocycles. The number of imidazole rings is 1. The quantitative estimate of drug-likeness (QED) is 0.165. The van der Waals surface area contributed by atoms with Crippen LogP contribution in [0.15, 0.2) is 85.5 Å². The number of rotatable bonds is 8. The fourth-order valence-electron chi connectivity index (χ4n) is 4.88. The van der Waals surface area contributed by atoms with Crippen LogP contribution in [0.1, 0.15) is 17.4 Å². The number of hydrogen-bond donors (Lipinski definition) is 5. The third-order valence-electron chi connectivity index (χ3n) is 7.02. The van der Waals surface area contributed by atoms with Crippen molar-refractivity contribution in [3.63, 3.8) is 0 Å². The third kappa shape index (κ3) is 5.41. The van der Waals surface area contributed by atoms with Crippen molar-refractivity contribution in [1.29, 1.82) is 0 Å². The van der Waals surface area contributed by atoms with E-state index in [9.17, 15) is 4.79 Å². The number of fused-ring (bicyclic) bond motifs is 1. The summed E-state index contributed by atoms with van der Waals surface area (Å²) in [4.78, 5) is 24.2. The highest BCUT2D eigenvalue weighted by atomic mass is 35.5. The van der Waals surface area contributed by atoms with E-state index in [-0.39, 0.29) is 18.5 Å². The van der Waals surface area contributed by atoms with Crippen molar-refractivity contribution in [3.05, 3.63) is 102 Å². The topological polar surface area (TPSA) is 155 Å². The van der Waals surface area contributed by atoms with Gasteiger partial charge in [-0.15, -0.1) is 0 Å². The Morgan fingerprint density at radius 1 is 1.20 bits per heavy atom. The Labute approximate surface area is 244 Å². The molecule has 0 aliphatic heterocycles. The molecule has 11 nitrogen and oxygen atoms in total. The Bertz CT molecular complexity index is 1730. The van der Waals surface area contributed by atoms with Crippen molar-refractivity contribution in [2.75, 3.05) is 12.3 Å². The first-order valence-corrected chi connectivity index (χ1v) is 13.6. The van der Waals surface area contributed by atoms with Crippen molar-refractivity contribution in [2.24, 2.45) is 5.92 Å². The molecule has 5 aromatic rings. The van der Waals surface area contributed by atoms with Crippen molar-refractivity contribution < 1.29 is 4.79 Å². The molecule has 0 saturated heterocycles. The van der Waals surface area contributed by atoms with Crippen LogP contribution in [0.5, 0.6) is 0 Å². The minimum absolute atomic E-state index is 0.256. The van der Waals surface area contributed by atoms with Gasteiger partial charge in [-0.05, 0) is 30.2 Å². The number of amides is 2. The summed E-state index contributed by atoms with van der Waals surface area (Å²) in [5.41, 5.74) is 9.03. The molecule has 3 heterocycles. The van der Waals surface area contributed by atoms with E-state index in [1.54, 1.807) is 11.0 Å². The molecule has 13 heteroatoms. The van der Waals surface area contributed by atoms with Crippen LogP contribution in [0, 0.1) is 5.92 Å². The molecule has 3 aromatic heterocycles. The Balaban J connectivity index is 1.22. The first-order valence-electron chi connectivity index (χ1n) is 12.9. The molecule has 0 spiro atoms. The number of benzene rings is 2. The first kappa shape index (κ1) is 26.6. The fraction of sp³-hybridized carbons (Fsp3) is 0.179. The van der Waals surface area contributed by atoms with Crippen LogP contribution in [0.4, 0.5) is 10.6 Å². The van der Waals surface area contributed by atoms with Crippen LogP contribution < -0.4 is 16.4 Å². The van der Waals surface area contributed by atoms with E-state index in [4.69, 9.17) is 33.9 Å². The van der Waals surface area contributed by atoms with Crippen molar-refractivity contribution >= 4 is 46.0 Å². The van der Waals surface area contributed by atoms with Crippen molar-refractivity contribution in [2.45, 2.75) is 17.5 Å². The number of aromatic nitrogens is 7. The van der Waals surface area contributed by atoms with Gasteiger partial charge >= 0.3 is 6.03 Å². The number of urea groups is 1.